The molecule has 4 rings (SSSR count). The van der Waals surface area contributed by atoms with Crippen LogP contribution < -0.4 is 4.72 Å². The Labute approximate surface area is 184 Å². The molecule has 158 valence electrons. The Morgan fingerprint density at radius 2 is 1.73 bits per heavy atom. The van der Waals surface area contributed by atoms with Gasteiger partial charge in [0.2, 0.25) is 0 Å². The van der Waals surface area contributed by atoms with Crippen LogP contribution in [0.25, 0.3) is 10.6 Å². The predicted molar refractivity (Wildman–Crippen MR) is 122 cm³/mol. The maximum absolute atomic E-state index is 12.8. The number of nitrogens with one attached hydrogen (secondary N) is 1. The molecule has 0 radical (unpaired) electrons. The maximum atomic E-state index is 12.8. The van der Waals surface area contributed by atoms with Gasteiger partial charge in [0, 0.05) is 29.7 Å². The summed E-state index contributed by atoms with van der Waals surface area (Å²) in [7, 11) is -3.70. The van der Waals surface area contributed by atoms with Crippen molar-refractivity contribution in [2.45, 2.75) is 37.8 Å². The van der Waals surface area contributed by atoms with E-state index in [-0.39, 0.29) is 10.1 Å². The SMILES string of the molecule is Cc1cc(C)cc(NS(=O)(=O)c2cc(-c3nc(C)c(C(=O)N4CCCC4)s3)cs2)c1. The molecule has 1 fully saturated rings. The highest BCUT2D eigenvalue weighted by molar-refractivity contribution is 7.94. The van der Waals surface area contributed by atoms with Crippen molar-refractivity contribution in [1.82, 2.24) is 9.88 Å². The number of benzene rings is 1. The lowest BCUT2D eigenvalue weighted by atomic mass is 10.1. The van der Waals surface area contributed by atoms with Crippen LogP contribution in [0.15, 0.2) is 33.9 Å². The summed E-state index contributed by atoms with van der Waals surface area (Å²) in [4.78, 5) is 19.8. The van der Waals surface area contributed by atoms with Crippen LogP contribution in [0.1, 0.15) is 39.3 Å². The summed E-state index contributed by atoms with van der Waals surface area (Å²) in [6, 6.07) is 7.23. The van der Waals surface area contributed by atoms with E-state index in [1.165, 1.54) is 11.3 Å². The number of thiazole rings is 1. The van der Waals surface area contributed by atoms with Crippen LogP contribution in [0.4, 0.5) is 5.69 Å². The smallest absolute Gasteiger partial charge is 0.271 e. The van der Waals surface area contributed by atoms with Gasteiger partial charge < -0.3 is 4.90 Å². The second-order valence-electron chi connectivity index (χ2n) is 7.57. The summed E-state index contributed by atoms with van der Waals surface area (Å²) in [6.45, 7) is 7.27. The lowest BCUT2D eigenvalue weighted by Gasteiger charge is -2.13. The minimum absolute atomic E-state index is 0.0216. The minimum Gasteiger partial charge on any atom is -0.338 e. The lowest BCUT2D eigenvalue weighted by Crippen LogP contribution is -2.27. The summed E-state index contributed by atoms with van der Waals surface area (Å²) >= 11 is 2.48. The Morgan fingerprint density at radius 1 is 1.07 bits per heavy atom. The fourth-order valence-electron chi connectivity index (χ4n) is 3.59. The zero-order valence-corrected chi connectivity index (χ0v) is 19.5. The molecular weight excluding hydrogens is 438 g/mol. The third-order valence-corrected chi connectivity index (χ3v) is 8.96. The average molecular weight is 462 g/mol. The molecule has 1 N–H and O–H groups in total. The molecule has 1 amide bonds. The Kier molecular flexibility index (Phi) is 5.69. The average Bonchev–Trinajstić information content (AvgIpc) is 3.40. The third kappa shape index (κ3) is 4.28. The number of aromatic nitrogens is 1. The van der Waals surface area contributed by atoms with Crippen molar-refractivity contribution in [2.75, 3.05) is 17.8 Å². The van der Waals surface area contributed by atoms with Crippen LogP contribution in [0.5, 0.6) is 0 Å². The monoisotopic (exact) mass is 461 g/mol. The van der Waals surface area contributed by atoms with E-state index in [0.717, 1.165) is 54.0 Å². The molecule has 3 aromatic rings. The molecule has 1 aliphatic heterocycles. The highest BCUT2D eigenvalue weighted by atomic mass is 32.2. The molecular formula is C21H23N3O3S3. The zero-order valence-electron chi connectivity index (χ0n) is 17.1. The quantitative estimate of drug-likeness (QED) is 0.590. The van der Waals surface area contributed by atoms with E-state index in [1.54, 1.807) is 23.6 Å². The number of hydrogen-bond acceptors (Lipinski definition) is 6. The van der Waals surface area contributed by atoms with Gasteiger partial charge in [-0.05, 0) is 62.9 Å². The van der Waals surface area contributed by atoms with Crippen LogP contribution in [0.2, 0.25) is 0 Å². The van der Waals surface area contributed by atoms with Crippen molar-refractivity contribution in [3.8, 4) is 10.6 Å². The van der Waals surface area contributed by atoms with Gasteiger partial charge in [0.1, 0.15) is 14.1 Å². The molecule has 0 spiro atoms. The molecule has 0 unspecified atom stereocenters. The van der Waals surface area contributed by atoms with Gasteiger partial charge in [-0.1, -0.05) is 6.07 Å². The highest BCUT2D eigenvalue weighted by Crippen LogP contribution is 2.34. The van der Waals surface area contributed by atoms with Crippen LogP contribution >= 0.6 is 22.7 Å². The van der Waals surface area contributed by atoms with Crippen LogP contribution in [0.3, 0.4) is 0 Å². The summed E-state index contributed by atoms with van der Waals surface area (Å²) in [6.07, 6.45) is 2.07. The van der Waals surface area contributed by atoms with Gasteiger partial charge in [0.05, 0.1) is 5.69 Å². The topological polar surface area (TPSA) is 79.4 Å². The Balaban J connectivity index is 1.58. The molecule has 1 saturated heterocycles. The predicted octanol–water partition coefficient (Wildman–Crippen LogP) is 4.83. The number of carbonyl (C=O) groups excluding carboxylic acids is 1. The molecule has 30 heavy (non-hydrogen) atoms. The first-order valence-electron chi connectivity index (χ1n) is 9.70. The summed E-state index contributed by atoms with van der Waals surface area (Å²) in [5.41, 5.74) is 3.94. The van der Waals surface area contributed by atoms with Gasteiger partial charge >= 0.3 is 0 Å². The molecule has 9 heteroatoms. The van der Waals surface area contributed by atoms with Crippen LogP contribution in [-0.2, 0) is 10.0 Å². The number of rotatable bonds is 5. The van der Waals surface area contributed by atoms with Crippen molar-refractivity contribution >= 4 is 44.3 Å². The Bertz CT molecular complexity index is 1190. The summed E-state index contributed by atoms with van der Waals surface area (Å²) in [5, 5.41) is 2.44. The second kappa shape index (κ2) is 8.13. The molecule has 6 nitrogen and oxygen atoms in total. The number of nitrogens with zero attached hydrogens (tertiary/aromatic N) is 2. The number of thiophene rings is 1. The molecule has 3 heterocycles. The number of aryl methyl sites for hydroxylation is 3. The largest absolute Gasteiger partial charge is 0.338 e. The van der Waals surface area contributed by atoms with Gasteiger partial charge in [0.15, 0.2) is 0 Å². The van der Waals surface area contributed by atoms with Crippen LogP contribution in [0, 0.1) is 20.8 Å². The first-order chi connectivity index (χ1) is 14.2. The van der Waals surface area contributed by atoms with Crippen molar-refractivity contribution in [2.24, 2.45) is 0 Å². The first kappa shape index (κ1) is 21.0. The number of amides is 1. The van der Waals surface area contributed by atoms with E-state index < -0.39 is 10.0 Å². The second-order valence-corrected chi connectivity index (χ2v) is 11.4. The first-order valence-corrected chi connectivity index (χ1v) is 12.9. The zero-order chi connectivity index (χ0) is 21.5. The van der Waals surface area contributed by atoms with Gasteiger partial charge in [-0.3, -0.25) is 9.52 Å². The number of carbonyl (C=O) groups is 1. The van der Waals surface area contributed by atoms with E-state index in [1.807, 2.05) is 31.7 Å². The lowest BCUT2D eigenvalue weighted by molar-refractivity contribution is 0.0796. The van der Waals surface area contributed by atoms with Crippen LogP contribution in [-0.4, -0.2) is 37.3 Å². The van der Waals surface area contributed by atoms with Crippen molar-refractivity contribution < 1.29 is 13.2 Å². The molecule has 0 aliphatic carbocycles. The maximum Gasteiger partial charge on any atom is 0.271 e. The van der Waals surface area contributed by atoms with Gasteiger partial charge in [-0.25, -0.2) is 13.4 Å². The van der Waals surface area contributed by atoms with E-state index in [9.17, 15) is 13.2 Å². The normalized spacial score (nSPS) is 14.3. The van der Waals surface area contributed by atoms with E-state index in [2.05, 4.69) is 9.71 Å². The Morgan fingerprint density at radius 3 is 2.40 bits per heavy atom. The molecule has 2 aromatic heterocycles. The van der Waals surface area contributed by atoms with Gasteiger partial charge in [0.25, 0.3) is 15.9 Å². The number of likely N-dealkylation sites (tertiary alicyclic amines) is 1. The number of sulfonamides is 1. The highest BCUT2D eigenvalue weighted by Gasteiger charge is 2.25. The molecule has 0 bridgehead atoms. The van der Waals surface area contributed by atoms with Gasteiger partial charge in [-0.2, -0.15) is 0 Å². The van der Waals surface area contributed by atoms with E-state index in [4.69, 9.17) is 0 Å². The van der Waals surface area contributed by atoms with Gasteiger partial charge in [-0.15, -0.1) is 22.7 Å². The molecule has 1 aliphatic rings. The fraction of sp³-hybridized carbons (Fsp3) is 0.333. The third-order valence-electron chi connectivity index (χ3n) is 4.95. The van der Waals surface area contributed by atoms with Crippen molar-refractivity contribution in [3.63, 3.8) is 0 Å². The van der Waals surface area contributed by atoms with E-state index in [0.29, 0.717) is 21.3 Å². The molecule has 0 atom stereocenters. The minimum atomic E-state index is -3.70. The fourth-order valence-corrected chi connectivity index (χ4v) is 6.89. The van der Waals surface area contributed by atoms with Crippen molar-refractivity contribution in [3.05, 3.63) is 51.3 Å². The summed E-state index contributed by atoms with van der Waals surface area (Å²) in [5.74, 6) is 0.0216. The molecule has 1 aromatic carbocycles. The number of hydrogen-bond donors (Lipinski definition) is 1. The van der Waals surface area contributed by atoms with Crippen molar-refractivity contribution in [1.29, 1.82) is 0 Å². The number of anilines is 1. The Hall–Kier alpha value is -2.23. The summed E-state index contributed by atoms with van der Waals surface area (Å²) < 4.78 is 28.6. The van der Waals surface area contributed by atoms with E-state index >= 15 is 0 Å². The standard InChI is InChI=1S/C21H23N3O3S3/c1-13-8-14(2)10-17(9-13)23-30(26,27)18-11-16(12-28-18)20-22-15(3)19(29-20)21(25)24-6-4-5-7-24/h8-12,23H,4-7H2,1-3H3. The molecule has 0 saturated carbocycles.